The summed E-state index contributed by atoms with van der Waals surface area (Å²) in [5, 5.41) is 4.67. The number of hydrazine groups is 1. The maximum absolute atomic E-state index is 13.0. The quantitative estimate of drug-likeness (QED) is 0.710. The Kier molecular flexibility index (Phi) is 6.08. The smallest absolute Gasteiger partial charge is 0.251 e. The molecule has 2 aromatic carbocycles. The molecular formula is C23H26N4O4. The van der Waals surface area contributed by atoms with Crippen molar-refractivity contribution in [3.05, 3.63) is 72.1 Å². The molecule has 2 aliphatic rings. The highest BCUT2D eigenvalue weighted by molar-refractivity contribution is 5.89. The Bertz CT molecular complexity index is 979. The van der Waals surface area contributed by atoms with E-state index in [0.29, 0.717) is 24.5 Å². The molecule has 8 heteroatoms. The Morgan fingerprint density at radius 1 is 1.10 bits per heavy atom. The van der Waals surface area contributed by atoms with E-state index in [1.165, 1.54) is 4.90 Å². The summed E-state index contributed by atoms with van der Waals surface area (Å²) in [6, 6.07) is 15.0. The molecular weight excluding hydrogens is 396 g/mol. The van der Waals surface area contributed by atoms with E-state index in [2.05, 4.69) is 10.7 Å². The second-order valence-corrected chi connectivity index (χ2v) is 7.48. The van der Waals surface area contributed by atoms with Gasteiger partial charge in [-0.3, -0.25) is 9.59 Å². The molecule has 4 rings (SSSR count). The molecule has 2 unspecified atom stereocenters. The Labute approximate surface area is 181 Å². The van der Waals surface area contributed by atoms with Crippen LogP contribution in [0.25, 0.3) is 0 Å². The molecule has 2 aliphatic heterocycles. The molecule has 162 valence electrons. The summed E-state index contributed by atoms with van der Waals surface area (Å²) in [5.74, 6) is 1.00. The fourth-order valence-electron chi connectivity index (χ4n) is 3.86. The number of nitrogens with one attached hydrogen (secondary N) is 2. The van der Waals surface area contributed by atoms with Gasteiger partial charge in [0.15, 0.2) is 11.5 Å². The summed E-state index contributed by atoms with van der Waals surface area (Å²) in [6.45, 7) is 0.428. The van der Waals surface area contributed by atoms with Crippen LogP contribution in [0.15, 0.2) is 60.9 Å². The lowest BCUT2D eigenvalue weighted by atomic mass is 10.0. The van der Waals surface area contributed by atoms with Crippen molar-refractivity contribution in [2.24, 2.45) is 0 Å². The van der Waals surface area contributed by atoms with Crippen LogP contribution in [0.3, 0.4) is 0 Å². The van der Waals surface area contributed by atoms with Crippen molar-refractivity contribution in [1.29, 1.82) is 0 Å². The maximum Gasteiger partial charge on any atom is 0.251 e. The van der Waals surface area contributed by atoms with Crippen LogP contribution in [0, 0.1) is 0 Å². The van der Waals surface area contributed by atoms with Crippen LogP contribution >= 0.6 is 0 Å². The van der Waals surface area contributed by atoms with Crippen molar-refractivity contribution >= 4 is 11.8 Å². The lowest BCUT2D eigenvalue weighted by Gasteiger charge is -2.31. The lowest BCUT2D eigenvalue weighted by molar-refractivity contribution is -0.138. The van der Waals surface area contributed by atoms with Crippen LogP contribution < -0.4 is 20.2 Å². The van der Waals surface area contributed by atoms with E-state index in [1.54, 1.807) is 26.6 Å². The predicted molar refractivity (Wildman–Crippen MR) is 115 cm³/mol. The monoisotopic (exact) mass is 422 g/mol. The first kappa shape index (κ1) is 20.7. The molecule has 0 spiro atoms. The number of fused-ring (bicyclic) bond motifs is 1. The van der Waals surface area contributed by atoms with Crippen molar-refractivity contribution in [2.75, 3.05) is 20.8 Å². The van der Waals surface area contributed by atoms with E-state index in [9.17, 15) is 9.59 Å². The molecule has 0 bridgehead atoms. The predicted octanol–water partition coefficient (Wildman–Crippen LogP) is 1.95. The minimum Gasteiger partial charge on any atom is -0.493 e. The molecule has 2 atom stereocenters. The van der Waals surface area contributed by atoms with Crippen LogP contribution in [-0.4, -0.2) is 48.5 Å². The summed E-state index contributed by atoms with van der Waals surface area (Å²) >= 11 is 0. The molecule has 2 aromatic rings. The zero-order valence-electron chi connectivity index (χ0n) is 17.6. The number of rotatable bonds is 7. The Hall–Kier alpha value is -3.52. The number of benzene rings is 2. The van der Waals surface area contributed by atoms with Crippen LogP contribution in [0.4, 0.5) is 0 Å². The fourth-order valence-corrected chi connectivity index (χ4v) is 3.86. The number of ether oxygens (including phenoxy) is 2. The fraction of sp³-hybridized carbons (Fsp3) is 0.304. The van der Waals surface area contributed by atoms with E-state index in [4.69, 9.17) is 9.47 Å². The van der Waals surface area contributed by atoms with Crippen molar-refractivity contribution in [2.45, 2.75) is 25.0 Å². The SMILES string of the molecule is COc1ccc(C2CC3C(=O)N(CC(=O)NCc4ccccc4)C=CN3N2)cc1OC. The largest absolute Gasteiger partial charge is 0.493 e. The standard InChI is InChI=1S/C23H26N4O4/c1-30-20-9-8-17(12-21(20)31-2)18-13-19-23(29)26(10-11-27(19)25-18)15-22(28)24-14-16-6-4-3-5-7-16/h3-12,18-19,25H,13-15H2,1-2H3,(H,24,28). The second kappa shape index (κ2) is 9.09. The molecule has 31 heavy (non-hydrogen) atoms. The van der Waals surface area contributed by atoms with Crippen molar-refractivity contribution in [3.63, 3.8) is 0 Å². The van der Waals surface area contributed by atoms with Gasteiger partial charge in [0.2, 0.25) is 5.91 Å². The molecule has 0 saturated carbocycles. The topological polar surface area (TPSA) is 83.1 Å². The normalized spacial score (nSPS) is 19.9. The summed E-state index contributed by atoms with van der Waals surface area (Å²) < 4.78 is 10.7. The van der Waals surface area contributed by atoms with Gasteiger partial charge in [0.05, 0.1) is 20.3 Å². The summed E-state index contributed by atoms with van der Waals surface area (Å²) in [4.78, 5) is 26.8. The van der Waals surface area contributed by atoms with E-state index < -0.39 is 0 Å². The first-order valence-corrected chi connectivity index (χ1v) is 10.1. The summed E-state index contributed by atoms with van der Waals surface area (Å²) in [6.07, 6.45) is 4.03. The maximum atomic E-state index is 13.0. The van der Waals surface area contributed by atoms with Gasteiger partial charge in [0.1, 0.15) is 12.6 Å². The van der Waals surface area contributed by atoms with Crippen LogP contribution in [-0.2, 0) is 16.1 Å². The van der Waals surface area contributed by atoms with Gasteiger partial charge in [-0.25, -0.2) is 5.43 Å². The first-order chi connectivity index (χ1) is 15.1. The molecule has 2 heterocycles. The molecule has 0 aliphatic carbocycles. The zero-order chi connectivity index (χ0) is 21.8. The third-order valence-electron chi connectivity index (χ3n) is 5.53. The molecule has 8 nitrogen and oxygen atoms in total. The zero-order valence-corrected chi connectivity index (χ0v) is 17.6. The van der Waals surface area contributed by atoms with Gasteiger partial charge in [-0.1, -0.05) is 36.4 Å². The molecule has 2 N–H and O–H groups in total. The van der Waals surface area contributed by atoms with Crippen LogP contribution in [0.2, 0.25) is 0 Å². The highest BCUT2D eigenvalue weighted by atomic mass is 16.5. The highest BCUT2D eigenvalue weighted by Crippen LogP contribution is 2.35. The number of nitrogens with zero attached hydrogens (tertiary/aromatic N) is 2. The average Bonchev–Trinajstić information content (AvgIpc) is 3.25. The van der Waals surface area contributed by atoms with Gasteiger partial charge in [-0.05, 0) is 29.7 Å². The molecule has 0 aromatic heterocycles. The van der Waals surface area contributed by atoms with Crippen molar-refractivity contribution in [3.8, 4) is 11.5 Å². The number of carbonyl (C=O) groups excluding carboxylic acids is 2. The Balaban J connectivity index is 1.37. The molecule has 1 saturated heterocycles. The van der Waals surface area contributed by atoms with E-state index in [0.717, 1.165) is 11.1 Å². The molecule has 2 amide bonds. The van der Waals surface area contributed by atoms with Crippen molar-refractivity contribution < 1.29 is 19.1 Å². The number of methoxy groups -OCH3 is 2. The second-order valence-electron chi connectivity index (χ2n) is 7.48. The minimum absolute atomic E-state index is 0.00642. The van der Waals surface area contributed by atoms with Crippen molar-refractivity contribution in [1.82, 2.24) is 20.7 Å². The number of hydrogen-bond acceptors (Lipinski definition) is 6. The average molecular weight is 422 g/mol. The van der Waals surface area contributed by atoms with Gasteiger partial charge >= 0.3 is 0 Å². The van der Waals surface area contributed by atoms with E-state index in [-0.39, 0.29) is 30.4 Å². The van der Waals surface area contributed by atoms with E-state index in [1.807, 2.05) is 53.5 Å². The lowest BCUT2D eigenvalue weighted by Crippen LogP contribution is -2.50. The highest BCUT2D eigenvalue weighted by Gasteiger charge is 2.40. The van der Waals surface area contributed by atoms with E-state index >= 15 is 0 Å². The van der Waals surface area contributed by atoms with Gasteiger partial charge in [0, 0.05) is 18.9 Å². The van der Waals surface area contributed by atoms with Crippen LogP contribution in [0.5, 0.6) is 11.5 Å². The van der Waals surface area contributed by atoms with Gasteiger partial charge in [-0.2, -0.15) is 0 Å². The Morgan fingerprint density at radius 3 is 2.61 bits per heavy atom. The van der Waals surface area contributed by atoms with Gasteiger partial charge in [-0.15, -0.1) is 0 Å². The third-order valence-corrected chi connectivity index (χ3v) is 5.53. The number of carbonyl (C=O) groups is 2. The summed E-state index contributed by atoms with van der Waals surface area (Å²) in [7, 11) is 3.19. The molecule has 0 radical (unpaired) electrons. The van der Waals surface area contributed by atoms with Gasteiger partial charge < -0.3 is 24.7 Å². The minimum atomic E-state index is -0.370. The summed E-state index contributed by atoms with van der Waals surface area (Å²) in [5.41, 5.74) is 5.37. The third kappa shape index (κ3) is 4.49. The number of amides is 2. The molecule has 1 fully saturated rings. The first-order valence-electron chi connectivity index (χ1n) is 10.1. The van der Waals surface area contributed by atoms with Crippen LogP contribution in [0.1, 0.15) is 23.6 Å². The van der Waals surface area contributed by atoms with Gasteiger partial charge in [0.25, 0.3) is 5.91 Å². The number of hydrogen-bond donors (Lipinski definition) is 2. The Morgan fingerprint density at radius 2 is 1.87 bits per heavy atom.